The van der Waals surface area contributed by atoms with Crippen LogP contribution in [0.25, 0.3) is 6.08 Å². The molecule has 0 saturated heterocycles. The van der Waals surface area contributed by atoms with E-state index in [-0.39, 0.29) is 5.91 Å². The van der Waals surface area contributed by atoms with Gasteiger partial charge in [-0.25, -0.2) is 0 Å². The fraction of sp³-hybridized carbons (Fsp3) is 0.357. The lowest BCUT2D eigenvalue weighted by atomic mass is 10.2. The van der Waals surface area contributed by atoms with Gasteiger partial charge in [0.05, 0.1) is 0 Å². The number of ether oxygens (including phenoxy) is 1. The molecule has 1 aromatic carbocycles. The Bertz CT molecular complexity index is 346. The SMILES string of the molecule is CCOCCCNC(=O)/C=C/c1ccccc1. The fourth-order valence-corrected chi connectivity index (χ4v) is 1.33. The number of carbonyl (C=O) groups is 1. The highest BCUT2D eigenvalue weighted by Gasteiger charge is 1.94. The summed E-state index contributed by atoms with van der Waals surface area (Å²) in [6.07, 6.45) is 4.20. The molecule has 0 bridgehead atoms. The van der Waals surface area contributed by atoms with Gasteiger partial charge in [0.2, 0.25) is 5.91 Å². The second-order valence-corrected chi connectivity index (χ2v) is 3.59. The minimum atomic E-state index is -0.0645. The van der Waals surface area contributed by atoms with Gasteiger partial charge in [-0.3, -0.25) is 4.79 Å². The predicted molar refractivity (Wildman–Crippen MR) is 69.6 cm³/mol. The molecule has 0 saturated carbocycles. The van der Waals surface area contributed by atoms with Crippen LogP contribution in [0.2, 0.25) is 0 Å². The molecule has 0 aliphatic carbocycles. The van der Waals surface area contributed by atoms with Gasteiger partial charge in [0, 0.05) is 25.8 Å². The van der Waals surface area contributed by atoms with Gasteiger partial charge in [-0.1, -0.05) is 30.3 Å². The molecule has 0 atom stereocenters. The Morgan fingerprint density at radius 3 is 2.82 bits per heavy atom. The van der Waals surface area contributed by atoms with Crippen LogP contribution in [0.1, 0.15) is 18.9 Å². The van der Waals surface area contributed by atoms with Crippen LogP contribution in [0.5, 0.6) is 0 Å². The standard InChI is InChI=1S/C14H19NO2/c1-2-17-12-6-11-15-14(16)10-9-13-7-4-3-5-8-13/h3-5,7-10H,2,6,11-12H2,1H3,(H,15,16)/b10-9+. The molecule has 1 N–H and O–H groups in total. The second-order valence-electron chi connectivity index (χ2n) is 3.59. The van der Waals surface area contributed by atoms with Crippen LogP contribution in [-0.4, -0.2) is 25.7 Å². The normalized spacial score (nSPS) is 10.6. The maximum absolute atomic E-state index is 11.4. The Morgan fingerprint density at radius 1 is 1.35 bits per heavy atom. The summed E-state index contributed by atoms with van der Waals surface area (Å²) in [5.74, 6) is -0.0645. The van der Waals surface area contributed by atoms with Crippen molar-refractivity contribution in [3.05, 3.63) is 42.0 Å². The minimum absolute atomic E-state index is 0.0645. The van der Waals surface area contributed by atoms with E-state index < -0.39 is 0 Å². The molecule has 0 aliphatic rings. The Hall–Kier alpha value is -1.61. The average molecular weight is 233 g/mol. The van der Waals surface area contributed by atoms with Gasteiger partial charge >= 0.3 is 0 Å². The van der Waals surface area contributed by atoms with Crippen molar-refractivity contribution >= 4 is 12.0 Å². The number of benzene rings is 1. The first-order chi connectivity index (χ1) is 8.33. The van der Waals surface area contributed by atoms with Gasteiger partial charge in [-0.2, -0.15) is 0 Å². The Morgan fingerprint density at radius 2 is 2.12 bits per heavy atom. The molecule has 0 spiro atoms. The number of hydrogen-bond acceptors (Lipinski definition) is 2. The van der Waals surface area contributed by atoms with Crippen LogP contribution in [-0.2, 0) is 9.53 Å². The average Bonchev–Trinajstić information content (AvgIpc) is 2.37. The Labute approximate surface area is 102 Å². The topological polar surface area (TPSA) is 38.3 Å². The van der Waals surface area contributed by atoms with Crippen molar-refractivity contribution in [3.63, 3.8) is 0 Å². The molecule has 1 amide bonds. The highest BCUT2D eigenvalue weighted by Crippen LogP contribution is 2.00. The molecular weight excluding hydrogens is 214 g/mol. The quantitative estimate of drug-likeness (QED) is 0.579. The maximum atomic E-state index is 11.4. The molecular formula is C14H19NO2. The van der Waals surface area contributed by atoms with E-state index in [4.69, 9.17) is 4.74 Å². The van der Waals surface area contributed by atoms with E-state index in [2.05, 4.69) is 5.32 Å². The van der Waals surface area contributed by atoms with E-state index in [0.29, 0.717) is 13.2 Å². The Balaban J connectivity index is 2.19. The first kappa shape index (κ1) is 13.5. The molecule has 0 aromatic heterocycles. The van der Waals surface area contributed by atoms with Gasteiger partial charge in [0.1, 0.15) is 0 Å². The van der Waals surface area contributed by atoms with E-state index in [0.717, 1.165) is 18.6 Å². The molecule has 0 fully saturated rings. The summed E-state index contributed by atoms with van der Waals surface area (Å²) in [5, 5.41) is 2.81. The van der Waals surface area contributed by atoms with Gasteiger partial charge in [-0.05, 0) is 25.0 Å². The highest BCUT2D eigenvalue weighted by molar-refractivity contribution is 5.91. The van der Waals surface area contributed by atoms with Crippen LogP contribution < -0.4 is 5.32 Å². The summed E-state index contributed by atoms with van der Waals surface area (Å²) in [6, 6.07) is 9.75. The van der Waals surface area contributed by atoms with Crippen molar-refractivity contribution in [2.45, 2.75) is 13.3 Å². The molecule has 17 heavy (non-hydrogen) atoms. The molecule has 3 nitrogen and oxygen atoms in total. The van der Waals surface area contributed by atoms with E-state index in [1.54, 1.807) is 12.2 Å². The van der Waals surface area contributed by atoms with Gasteiger partial charge in [0.25, 0.3) is 0 Å². The van der Waals surface area contributed by atoms with Gasteiger partial charge < -0.3 is 10.1 Å². The molecule has 0 unspecified atom stereocenters. The monoisotopic (exact) mass is 233 g/mol. The van der Waals surface area contributed by atoms with Crippen LogP contribution in [0.3, 0.4) is 0 Å². The third-order valence-corrected chi connectivity index (χ3v) is 2.20. The van der Waals surface area contributed by atoms with Crippen LogP contribution in [0.15, 0.2) is 36.4 Å². The molecule has 0 radical (unpaired) electrons. The predicted octanol–water partition coefficient (Wildman–Crippen LogP) is 2.24. The zero-order chi connectivity index (χ0) is 12.3. The first-order valence-corrected chi connectivity index (χ1v) is 5.91. The Kier molecular flexibility index (Phi) is 6.75. The van der Waals surface area contributed by atoms with E-state index in [9.17, 15) is 4.79 Å². The van der Waals surface area contributed by atoms with E-state index in [1.807, 2.05) is 37.3 Å². The summed E-state index contributed by atoms with van der Waals surface area (Å²) >= 11 is 0. The van der Waals surface area contributed by atoms with Gasteiger partial charge in [0.15, 0.2) is 0 Å². The lowest BCUT2D eigenvalue weighted by Crippen LogP contribution is -2.23. The summed E-state index contributed by atoms with van der Waals surface area (Å²) in [5.41, 5.74) is 1.02. The van der Waals surface area contributed by atoms with Crippen molar-refractivity contribution < 1.29 is 9.53 Å². The van der Waals surface area contributed by atoms with E-state index in [1.165, 1.54) is 0 Å². The van der Waals surface area contributed by atoms with Crippen molar-refractivity contribution in [2.75, 3.05) is 19.8 Å². The maximum Gasteiger partial charge on any atom is 0.244 e. The number of rotatable bonds is 7. The van der Waals surface area contributed by atoms with Crippen LogP contribution >= 0.6 is 0 Å². The van der Waals surface area contributed by atoms with Gasteiger partial charge in [-0.15, -0.1) is 0 Å². The van der Waals surface area contributed by atoms with Crippen molar-refractivity contribution in [3.8, 4) is 0 Å². The summed E-state index contributed by atoms with van der Waals surface area (Å²) in [4.78, 5) is 11.4. The molecule has 0 aliphatic heterocycles. The third-order valence-electron chi connectivity index (χ3n) is 2.20. The third kappa shape index (κ3) is 6.53. The van der Waals surface area contributed by atoms with E-state index >= 15 is 0 Å². The zero-order valence-corrected chi connectivity index (χ0v) is 10.2. The number of amides is 1. The highest BCUT2D eigenvalue weighted by atomic mass is 16.5. The summed E-state index contributed by atoms with van der Waals surface area (Å²) < 4.78 is 5.18. The van der Waals surface area contributed by atoms with Crippen LogP contribution in [0.4, 0.5) is 0 Å². The van der Waals surface area contributed by atoms with Crippen molar-refractivity contribution in [2.24, 2.45) is 0 Å². The lowest BCUT2D eigenvalue weighted by molar-refractivity contribution is -0.116. The molecule has 3 heteroatoms. The largest absolute Gasteiger partial charge is 0.382 e. The van der Waals surface area contributed by atoms with Crippen molar-refractivity contribution in [1.29, 1.82) is 0 Å². The lowest BCUT2D eigenvalue weighted by Gasteiger charge is -2.02. The number of hydrogen-bond donors (Lipinski definition) is 1. The number of carbonyl (C=O) groups excluding carboxylic acids is 1. The zero-order valence-electron chi connectivity index (χ0n) is 10.2. The molecule has 0 heterocycles. The minimum Gasteiger partial charge on any atom is -0.382 e. The smallest absolute Gasteiger partial charge is 0.244 e. The first-order valence-electron chi connectivity index (χ1n) is 5.91. The molecule has 92 valence electrons. The molecule has 1 aromatic rings. The number of nitrogens with one attached hydrogen (secondary N) is 1. The summed E-state index contributed by atoms with van der Waals surface area (Å²) in [7, 11) is 0. The van der Waals surface area contributed by atoms with Crippen molar-refractivity contribution in [1.82, 2.24) is 5.32 Å². The van der Waals surface area contributed by atoms with Crippen LogP contribution in [0, 0.1) is 0 Å². The fourth-order valence-electron chi connectivity index (χ4n) is 1.33. The molecule has 1 rings (SSSR count). The summed E-state index contributed by atoms with van der Waals surface area (Å²) in [6.45, 7) is 4.03. The second kappa shape index (κ2) is 8.53.